The van der Waals surface area contributed by atoms with Crippen LogP contribution in [0.25, 0.3) is 0 Å². The standard InChI is InChI=1S/C17H19BrFNOS/c1-17(2,3)22(21)20-16(12-4-8-14(18)9-5-12)13-6-10-15(19)11-7-13/h4-11,16,20H,1-3H3/t16-,22?/m0/s1. The summed E-state index contributed by atoms with van der Waals surface area (Å²) in [5.74, 6) is -0.282. The Bertz CT molecular complexity index is 565. The molecule has 0 saturated heterocycles. The largest absolute Gasteiger partial charge is 0.598 e. The topological polar surface area (TPSA) is 35.1 Å². The van der Waals surface area contributed by atoms with Crippen LogP contribution in [0.15, 0.2) is 53.0 Å². The molecule has 0 aliphatic rings. The maximum atomic E-state index is 13.2. The summed E-state index contributed by atoms with van der Waals surface area (Å²) in [7, 11) is 0. The quantitative estimate of drug-likeness (QED) is 0.774. The van der Waals surface area contributed by atoms with E-state index in [1.807, 2.05) is 45.0 Å². The Kier molecular flexibility index (Phi) is 5.66. The minimum Gasteiger partial charge on any atom is -0.598 e. The third kappa shape index (κ3) is 4.56. The third-order valence-electron chi connectivity index (χ3n) is 3.19. The molecule has 22 heavy (non-hydrogen) atoms. The molecule has 0 radical (unpaired) electrons. The molecule has 2 aromatic carbocycles. The summed E-state index contributed by atoms with van der Waals surface area (Å²) in [6.07, 6.45) is 0. The Labute approximate surface area is 142 Å². The van der Waals surface area contributed by atoms with Crippen LogP contribution in [-0.4, -0.2) is 9.30 Å². The van der Waals surface area contributed by atoms with Crippen LogP contribution in [0.1, 0.15) is 37.9 Å². The van der Waals surface area contributed by atoms with E-state index >= 15 is 0 Å². The van der Waals surface area contributed by atoms with Crippen LogP contribution in [0, 0.1) is 5.82 Å². The van der Waals surface area contributed by atoms with Gasteiger partial charge in [0.15, 0.2) is 0 Å². The number of nitrogens with one attached hydrogen (secondary N) is 1. The van der Waals surface area contributed by atoms with Crippen LogP contribution in [0.5, 0.6) is 0 Å². The molecule has 0 aliphatic heterocycles. The van der Waals surface area contributed by atoms with Gasteiger partial charge >= 0.3 is 0 Å². The van der Waals surface area contributed by atoms with Gasteiger partial charge in [-0.05, 0) is 56.2 Å². The van der Waals surface area contributed by atoms with Gasteiger partial charge in [0.2, 0.25) is 0 Å². The van der Waals surface area contributed by atoms with Crippen LogP contribution in [-0.2, 0) is 11.4 Å². The second kappa shape index (κ2) is 7.13. The molecule has 0 bridgehead atoms. The molecule has 5 heteroatoms. The lowest BCUT2D eigenvalue weighted by Gasteiger charge is -2.28. The minimum atomic E-state index is -1.23. The fraction of sp³-hybridized carbons (Fsp3) is 0.294. The van der Waals surface area contributed by atoms with E-state index in [-0.39, 0.29) is 16.6 Å². The number of rotatable bonds is 4. The highest BCUT2D eigenvalue weighted by Gasteiger charge is 2.30. The first-order valence-electron chi connectivity index (χ1n) is 6.96. The summed E-state index contributed by atoms with van der Waals surface area (Å²) >= 11 is 2.18. The van der Waals surface area contributed by atoms with Gasteiger partial charge < -0.3 is 4.55 Å². The molecule has 2 aromatic rings. The van der Waals surface area contributed by atoms with Crippen molar-refractivity contribution in [2.24, 2.45) is 0 Å². The molecule has 1 N–H and O–H groups in total. The van der Waals surface area contributed by atoms with Crippen LogP contribution in [0.4, 0.5) is 4.39 Å². The van der Waals surface area contributed by atoms with Gasteiger partial charge in [-0.25, -0.2) is 4.39 Å². The van der Waals surface area contributed by atoms with Crippen molar-refractivity contribution >= 4 is 27.3 Å². The van der Waals surface area contributed by atoms with Crippen LogP contribution < -0.4 is 4.72 Å². The van der Waals surface area contributed by atoms with Crippen molar-refractivity contribution in [3.63, 3.8) is 0 Å². The van der Waals surface area contributed by atoms with Gasteiger partial charge in [-0.3, -0.25) is 0 Å². The molecule has 1 unspecified atom stereocenters. The van der Waals surface area contributed by atoms with E-state index in [0.29, 0.717) is 0 Å². The molecule has 2 rings (SSSR count). The molecule has 2 atom stereocenters. The van der Waals surface area contributed by atoms with Gasteiger partial charge in [-0.1, -0.05) is 40.2 Å². The highest BCUT2D eigenvalue weighted by atomic mass is 79.9. The van der Waals surface area contributed by atoms with Gasteiger partial charge in [-0.15, -0.1) is 4.72 Å². The van der Waals surface area contributed by atoms with Crippen molar-refractivity contribution in [3.8, 4) is 0 Å². The average Bonchev–Trinajstić information content (AvgIpc) is 2.46. The molecule has 2 nitrogen and oxygen atoms in total. The Hall–Kier alpha value is -0.880. The number of halogens is 2. The zero-order chi connectivity index (χ0) is 16.3. The summed E-state index contributed by atoms with van der Waals surface area (Å²) < 4.78 is 29.4. The Morgan fingerprint density at radius 2 is 1.45 bits per heavy atom. The second-order valence-corrected chi connectivity index (χ2v) is 8.95. The molecule has 0 fully saturated rings. The highest BCUT2D eigenvalue weighted by Crippen LogP contribution is 2.27. The van der Waals surface area contributed by atoms with Crippen molar-refractivity contribution in [1.82, 2.24) is 4.72 Å². The monoisotopic (exact) mass is 383 g/mol. The number of benzene rings is 2. The minimum absolute atomic E-state index is 0.256. The summed E-state index contributed by atoms with van der Waals surface area (Å²) in [6, 6.07) is 13.8. The van der Waals surface area contributed by atoms with E-state index in [1.165, 1.54) is 12.1 Å². The SMILES string of the molecule is CC(C)(C)[S+]([O-])N[C@H](c1ccc(F)cc1)c1ccc(Br)cc1. The summed E-state index contributed by atoms with van der Waals surface area (Å²) in [6.45, 7) is 5.75. The molecule has 0 heterocycles. The van der Waals surface area contributed by atoms with E-state index in [1.54, 1.807) is 12.1 Å². The smallest absolute Gasteiger partial charge is 0.136 e. The van der Waals surface area contributed by atoms with Crippen molar-refractivity contribution in [3.05, 3.63) is 69.9 Å². The van der Waals surface area contributed by atoms with Gasteiger partial charge in [0.1, 0.15) is 16.6 Å². The zero-order valence-electron chi connectivity index (χ0n) is 12.8. The van der Waals surface area contributed by atoms with Crippen molar-refractivity contribution in [1.29, 1.82) is 0 Å². The lowest BCUT2D eigenvalue weighted by atomic mass is 10.00. The second-order valence-electron chi connectivity index (χ2n) is 6.04. The van der Waals surface area contributed by atoms with E-state index in [2.05, 4.69) is 20.7 Å². The molecule has 0 saturated carbocycles. The predicted molar refractivity (Wildman–Crippen MR) is 93.4 cm³/mol. The first-order chi connectivity index (χ1) is 10.3. The molecule has 0 spiro atoms. The normalized spacial score (nSPS) is 14.6. The fourth-order valence-corrected chi connectivity index (χ4v) is 3.03. The third-order valence-corrected chi connectivity index (χ3v) is 5.28. The van der Waals surface area contributed by atoms with Gasteiger partial charge in [0, 0.05) is 15.8 Å². The summed E-state index contributed by atoms with van der Waals surface area (Å²) in [5.41, 5.74) is 1.86. The van der Waals surface area contributed by atoms with Crippen molar-refractivity contribution in [2.45, 2.75) is 31.6 Å². The van der Waals surface area contributed by atoms with E-state index in [4.69, 9.17) is 0 Å². The van der Waals surface area contributed by atoms with E-state index in [0.717, 1.165) is 15.6 Å². The van der Waals surface area contributed by atoms with E-state index in [9.17, 15) is 8.94 Å². The van der Waals surface area contributed by atoms with Crippen LogP contribution in [0.2, 0.25) is 0 Å². The molecule has 118 valence electrons. The average molecular weight is 384 g/mol. The number of hydrogen-bond donors (Lipinski definition) is 1. The Balaban J connectivity index is 2.36. The predicted octanol–water partition coefficient (Wildman–Crippen LogP) is 4.73. The first kappa shape index (κ1) is 17.5. The summed E-state index contributed by atoms with van der Waals surface area (Å²) in [5, 5.41) is 0. The molecule has 0 aliphatic carbocycles. The number of hydrogen-bond acceptors (Lipinski definition) is 2. The Morgan fingerprint density at radius 1 is 1.00 bits per heavy atom. The maximum absolute atomic E-state index is 13.2. The lowest BCUT2D eigenvalue weighted by molar-refractivity contribution is 0.535. The maximum Gasteiger partial charge on any atom is 0.136 e. The molecular formula is C17H19BrFNOS. The van der Waals surface area contributed by atoms with Crippen molar-refractivity contribution < 1.29 is 8.94 Å². The lowest BCUT2D eigenvalue weighted by Crippen LogP contribution is -2.41. The highest BCUT2D eigenvalue weighted by molar-refractivity contribution is 9.10. The van der Waals surface area contributed by atoms with E-state index < -0.39 is 11.4 Å². The zero-order valence-corrected chi connectivity index (χ0v) is 15.2. The Morgan fingerprint density at radius 3 is 1.91 bits per heavy atom. The van der Waals surface area contributed by atoms with Gasteiger partial charge in [0.25, 0.3) is 0 Å². The summed E-state index contributed by atoms with van der Waals surface area (Å²) in [4.78, 5) is 0. The fourth-order valence-electron chi connectivity index (χ4n) is 1.92. The first-order valence-corrected chi connectivity index (χ1v) is 8.90. The van der Waals surface area contributed by atoms with Gasteiger partial charge in [-0.2, -0.15) is 0 Å². The molecule has 0 aromatic heterocycles. The van der Waals surface area contributed by atoms with Crippen LogP contribution >= 0.6 is 15.9 Å². The van der Waals surface area contributed by atoms with Crippen molar-refractivity contribution in [2.75, 3.05) is 0 Å². The van der Waals surface area contributed by atoms with Crippen LogP contribution in [0.3, 0.4) is 0 Å². The molecular weight excluding hydrogens is 365 g/mol. The molecule has 0 amide bonds. The van der Waals surface area contributed by atoms with Gasteiger partial charge in [0.05, 0.1) is 0 Å².